The molecule has 15 heavy (non-hydrogen) atoms. The van der Waals surface area contributed by atoms with Crippen LogP contribution in [0.15, 0.2) is 30.6 Å². The van der Waals surface area contributed by atoms with Crippen LogP contribution >= 0.6 is 0 Å². The van der Waals surface area contributed by atoms with E-state index in [2.05, 4.69) is 15.2 Å². The van der Waals surface area contributed by atoms with Gasteiger partial charge in [-0.3, -0.25) is 5.10 Å². The minimum atomic E-state index is -4.33. The van der Waals surface area contributed by atoms with Crippen molar-refractivity contribution in [3.63, 3.8) is 0 Å². The Bertz CT molecular complexity index is 448. The van der Waals surface area contributed by atoms with E-state index in [1.54, 1.807) is 6.07 Å². The summed E-state index contributed by atoms with van der Waals surface area (Å²) in [4.78, 5) is 2.71. The van der Waals surface area contributed by atoms with E-state index in [4.69, 9.17) is 0 Å². The average Bonchev–Trinajstić information content (AvgIpc) is 2.69. The van der Waals surface area contributed by atoms with Crippen molar-refractivity contribution >= 4 is 0 Å². The van der Waals surface area contributed by atoms with Gasteiger partial charge in [-0.1, -0.05) is 0 Å². The van der Waals surface area contributed by atoms with Crippen molar-refractivity contribution in [2.45, 2.75) is 6.18 Å². The normalized spacial score (nSPS) is 11.7. The first-order valence-corrected chi connectivity index (χ1v) is 4.16. The molecule has 0 amide bonds. The number of hydrogen-bond donors (Lipinski definition) is 1. The summed E-state index contributed by atoms with van der Waals surface area (Å²) in [6.45, 7) is 0. The molecule has 0 aromatic carbocycles. The van der Waals surface area contributed by atoms with E-state index in [9.17, 15) is 13.2 Å². The van der Waals surface area contributed by atoms with Gasteiger partial charge in [0.15, 0.2) is 6.20 Å². The predicted octanol–water partition coefficient (Wildman–Crippen LogP) is 1.91. The molecule has 2 rings (SSSR count). The van der Waals surface area contributed by atoms with Crippen molar-refractivity contribution in [3.05, 3.63) is 36.2 Å². The van der Waals surface area contributed by atoms with Crippen LogP contribution in [-0.4, -0.2) is 10.2 Å². The van der Waals surface area contributed by atoms with Crippen LogP contribution in [0, 0.1) is 0 Å². The number of alkyl halides is 3. The second-order valence-electron chi connectivity index (χ2n) is 2.96. The fourth-order valence-electron chi connectivity index (χ4n) is 1.20. The van der Waals surface area contributed by atoms with Crippen molar-refractivity contribution in [2.24, 2.45) is 0 Å². The zero-order chi connectivity index (χ0) is 10.9. The lowest BCUT2D eigenvalue weighted by molar-refractivity contribution is -0.365. The van der Waals surface area contributed by atoms with Crippen LogP contribution in [0.5, 0.6) is 0 Å². The van der Waals surface area contributed by atoms with Crippen LogP contribution in [0.4, 0.5) is 13.2 Å². The van der Waals surface area contributed by atoms with Crippen molar-refractivity contribution in [1.29, 1.82) is 0 Å². The third-order valence-corrected chi connectivity index (χ3v) is 1.92. The molecule has 2 heterocycles. The highest BCUT2D eigenvalue weighted by Gasteiger charge is 2.32. The fourth-order valence-corrected chi connectivity index (χ4v) is 1.20. The third-order valence-electron chi connectivity index (χ3n) is 1.92. The first-order valence-electron chi connectivity index (χ1n) is 4.16. The zero-order valence-corrected chi connectivity index (χ0v) is 7.47. The van der Waals surface area contributed by atoms with Gasteiger partial charge >= 0.3 is 6.18 Å². The minimum Gasteiger partial charge on any atom is -0.272 e. The molecular formula is C9H7F3N3+. The molecular weight excluding hydrogens is 207 g/mol. The molecule has 0 unspecified atom stereocenters. The Morgan fingerprint density at radius 1 is 1.27 bits per heavy atom. The van der Waals surface area contributed by atoms with Crippen LogP contribution in [0.2, 0.25) is 0 Å². The van der Waals surface area contributed by atoms with Gasteiger partial charge < -0.3 is 0 Å². The van der Waals surface area contributed by atoms with Gasteiger partial charge in [0, 0.05) is 18.3 Å². The van der Waals surface area contributed by atoms with Crippen LogP contribution in [0.1, 0.15) is 5.56 Å². The van der Waals surface area contributed by atoms with Crippen LogP contribution < -0.4 is 4.98 Å². The van der Waals surface area contributed by atoms with E-state index in [0.29, 0.717) is 11.4 Å². The van der Waals surface area contributed by atoms with Gasteiger partial charge in [-0.15, -0.1) is 0 Å². The summed E-state index contributed by atoms with van der Waals surface area (Å²) in [6, 6.07) is 3.61. The molecule has 78 valence electrons. The molecule has 0 radical (unpaired) electrons. The Balaban J connectivity index is 2.44. The summed E-state index contributed by atoms with van der Waals surface area (Å²) in [7, 11) is 0. The molecule has 0 aliphatic heterocycles. The van der Waals surface area contributed by atoms with E-state index >= 15 is 0 Å². The average molecular weight is 214 g/mol. The van der Waals surface area contributed by atoms with E-state index in [-0.39, 0.29) is 0 Å². The molecule has 0 spiro atoms. The van der Waals surface area contributed by atoms with Crippen LogP contribution in [-0.2, 0) is 6.18 Å². The van der Waals surface area contributed by atoms with E-state index in [1.807, 2.05) is 0 Å². The first-order chi connectivity index (χ1) is 7.07. The molecule has 2 aromatic rings. The monoisotopic (exact) mass is 214 g/mol. The molecule has 2 N–H and O–H groups in total. The number of halogens is 3. The second-order valence-corrected chi connectivity index (χ2v) is 2.96. The van der Waals surface area contributed by atoms with E-state index in [1.165, 1.54) is 12.4 Å². The highest BCUT2D eigenvalue weighted by molar-refractivity contribution is 5.50. The number of nitrogens with zero attached hydrogens (tertiary/aromatic N) is 1. The van der Waals surface area contributed by atoms with E-state index in [0.717, 1.165) is 12.1 Å². The maximum atomic E-state index is 12.4. The largest absolute Gasteiger partial charge is 0.416 e. The second kappa shape index (κ2) is 3.38. The Labute approximate surface area is 83.0 Å². The number of aromatic nitrogens is 3. The number of pyridine rings is 1. The highest BCUT2D eigenvalue weighted by atomic mass is 19.4. The zero-order valence-electron chi connectivity index (χ0n) is 7.47. The first kappa shape index (κ1) is 9.70. The minimum absolute atomic E-state index is 0.349. The highest BCUT2D eigenvalue weighted by Crippen LogP contribution is 2.29. The molecule has 0 aliphatic carbocycles. The molecule has 6 heteroatoms. The van der Waals surface area contributed by atoms with Gasteiger partial charge in [0.25, 0.3) is 0 Å². The molecule has 0 bridgehead atoms. The lowest BCUT2D eigenvalue weighted by atomic mass is 10.2. The van der Waals surface area contributed by atoms with Gasteiger partial charge in [-0.2, -0.15) is 18.3 Å². The molecule has 0 aliphatic rings. The summed E-state index contributed by atoms with van der Waals surface area (Å²) in [6.07, 6.45) is -1.60. The SMILES string of the molecule is FC(F)(F)c1cc[nH+]c(-c2ccn[nH]2)c1. The van der Waals surface area contributed by atoms with Gasteiger partial charge in [0.2, 0.25) is 5.69 Å². The molecule has 0 saturated carbocycles. The van der Waals surface area contributed by atoms with Gasteiger partial charge in [0.1, 0.15) is 5.69 Å². The maximum Gasteiger partial charge on any atom is 0.416 e. The quantitative estimate of drug-likeness (QED) is 0.774. The Morgan fingerprint density at radius 3 is 2.67 bits per heavy atom. The number of hydrogen-bond acceptors (Lipinski definition) is 1. The fraction of sp³-hybridized carbons (Fsp3) is 0.111. The molecule has 0 fully saturated rings. The summed E-state index contributed by atoms with van der Waals surface area (Å²) in [5.74, 6) is 0. The number of H-pyrrole nitrogens is 2. The standard InChI is InChI=1S/C9H6F3N3/c10-9(11,12)6-1-3-13-8(5-6)7-2-4-14-15-7/h1-5H,(H,14,15)/p+1. The predicted molar refractivity (Wildman–Crippen MR) is 45.6 cm³/mol. The topological polar surface area (TPSA) is 42.8 Å². The summed E-state index contributed by atoms with van der Waals surface area (Å²) < 4.78 is 37.1. The number of rotatable bonds is 1. The molecule has 3 nitrogen and oxygen atoms in total. The van der Waals surface area contributed by atoms with Gasteiger partial charge in [-0.05, 0) is 6.07 Å². The van der Waals surface area contributed by atoms with Crippen molar-refractivity contribution in [3.8, 4) is 11.4 Å². The Kier molecular flexibility index (Phi) is 2.18. The number of nitrogens with one attached hydrogen (secondary N) is 2. The van der Waals surface area contributed by atoms with Crippen molar-refractivity contribution in [1.82, 2.24) is 10.2 Å². The molecule has 0 saturated heterocycles. The maximum absolute atomic E-state index is 12.4. The Hall–Kier alpha value is -1.85. The number of aromatic amines is 2. The van der Waals surface area contributed by atoms with E-state index < -0.39 is 11.7 Å². The van der Waals surface area contributed by atoms with Crippen LogP contribution in [0.25, 0.3) is 11.4 Å². The van der Waals surface area contributed by atoms with Gasteiger partial charge in [-0.25, -0.2) is 4.98 Å². The Morgan fingerprint density at radius 2 is 2.07 bits per heavy atom. The lowest BCUT2D eigenvalue weighted by Gasteiger charge is -2.04. The summed E-state index contributed by atoms with van der Waals surface area (Å²) in [5, 5.41) is 6.25. The van der Waals surface area contributed by atoms with Gasteiger partial charge in [0.05, 0.1) is 5.56 Å². The smallest absolute Gasteiger partial charge is 0.272 e. The third kappa shape index (κ3) is 1.98. The van der Waals surface area contributed by atoms with Crippen LogP contribution in [0.3, 0.4) is 0 Å². The summed E-state index contributed by atoms with van der Waals surface area (Å²) >= 11 is 0. The summed E-state index contributed by atoms with van der Waals surface area (Å²) in [5.41, 5.74) is 0.175. The van der Waals surface area contributed by atoms with Crippen molar-refractivity contribution in [2.75, 3.05) is 0 Å². The lowest BCUT2D eigenvalue weighted by Crippen LogP contribution is -2.12. The molecule has 0 atom stereocenters. The molecule has 2 aromatic heterocycles. The van der Waals surface area contributed by atoms with Crippen molar-refractivity contribution < 1.29 is 18.2 Å².